The van der Waals surface area contributed by atoms with E-state index in [2.05, 4.69) is 10.2 Å². The molecule has 20 heavy (non-hydrogen) atoms. The van der Waals surface area contributed by atoms with E-state index in [9.17, 15) is 9.59 Å². The van der Waals surface area contributed by atoms with Gasteiger partial charge in [0.25, 0.3) is 0 Å². The molecule has 2 atom stereocenters. The lowest BCUT2D eigenvalue weighted by Gasteiger charge is -2.26. The molecule has 0 radical (unpaired) electrons. The Morgan fingerprint density at radius 1 is 1.35 bits per heavy atom. The van der Waals surface area contributed by atoms with Crippen LogP contribution in [0, 0.1) is 0 Å². The minimum absolute atomic E-state index is 0.00442. The minimum Gasteiger partial charge on any atom is -0.479 e. The second-order valence-electron chi connectivity index (χ2n) is 5.38. The van der Waals surface area contributed by atoms with Gasteiger partial charge in [-0.1, -0.05) is 0 Å². The zero-order valence-electron chi connectivity index (χ0n) is 11.9. The van der Waals surface area contributed by atoms with Crippen molar-refractivity contribution in [2.24, 2.45) is 0 Å². The fourth-order valence-electron chi connectivity index (χ4n) is 2.95. The van der Waals surface area contributed by atoms with E-state index in [4.69, 9.17) is 9.84 Å². The van der Waals surface area contributed by atoms with Crippen molar-refractivity contribution in [3.05, 3.63) is 0 Å². The van der Waals surface area contributed by atoms with Crippen molar-refractivity contribution >= 4 is 12.0 Å². The first-order chi connectivity index (χ1) is 9.61. The van der Waals surface area contributed by atoms with Crippen molar-refractivity contribution < 1.29 is 19.4 Å². The van der Waals surface area contributed by atoms with E-state index in [0.717, 1.165) is 39.0 Å². The number of methoxy groups -OCH3 is 1. The number of nitrogens with one attached hydrogen (secondary N) is 1. The molecule has 2 heterocycles. The summed E-state index contributed by atoms with van der Waals surface area (Å²) in [5.74, 6) is -1.06. The molecule has 0 bridgehead atoms. The molecule has 0 aromatic heterocycles. The number of hydrogen-bond donors (Lipinski definition) is 2. The molecule has 2 fully saturated rings. The fourth-order valence-corrected chi connectivity index (χ4v) is 2.95. The van der Waals surface area contributed by atoms with Crippen LogP contribution in [0.5, 0.6) is 0 Å². The van der Waals surface area contributed by atoms with Crippen LogP contribution in [0.1, 0.15) is 19.3 Å². The number of amides is 2. The van der Waals surface area contributed by atoms with Crippen LogP contribution in [0.25, 0.3) is 0 Å². The normalized spacial score (nSPS) is 24.9. The van der Waals surface area contributed by atoms with Crippen LogP contribution >= 0.6 is 0 Å². The molecule has 7 heteroatoms. The van der Waals surface area contributed by atoms with Gasteiger partial charge in [-0.25, -0.2) is 9.59 Å². The maximum atomic E-state index is 12.1. The summed E-state index contributed by atoms with van der Waals surface area (Å²) >= 11 is 0. The standard InChI is InChI=1S/C13H23N3O4/c1-20-11(12(17)18)8-14-13(19)16-7-3-6-15-5-2-4-10(15)9-16/h10-11H,2-9H2,1H3,(H,14,19)(H,17,18). The molecule has 0 aliphatic carbocycles. The lowest BCUT2D eigenvalue weighted by atomic mass is 10.2. The van der Waals surface area contributed by atoms with Crippen LogP contribution < -0.4 is 5.32 Å². The first-order valence-corrected chi connectivity index (χ1v) is 7.14. The van der Waals surface area contributed by atoms with E-state index in [1.807, 2.05) is 0 Å². The van der Waals surface area contributed by atoms with Gasteiger partial charge in [0, 0.05) is 32.8 Å². The number of hydrogen-bond acceptors (Lipinski definition) is 4. The van der Waals surface area contributed by atoms with Crippen LogP contribution in [0.4, 0.5) is 4.79 Å². The molecule has 0 spiro atoms. The molecule has 2 rings (SSSR count). The Kier molecular flexibility index (Phi) is 5.19. The summed E-state index contributed by atoms with van der Waals surface area (Å²) in [6.07, 6.45) is 2.31. The number of carbonyl (C=O) groups excluding carboxylic acids is 1. The first kappa shape index (κ1) is 15.1. The van der Waals surface area contributed by atoms with Crippen molar-refractivity contribution in [3.63, 3.8) is 0 Å². The van der Waals surface area contributed by atoms with Crippen LogP contribution in [0.2, 0.25) is 0 Å². The second kappa shape index (κ2) is 6.90. The summed E-state index contributed by atoms with van der Waals surface area (Å²) < 4.78 is 4.80. The summed E-state index contributed by atoms with van der Waals surface area (Å²) in [7, 11) is 1.33. The van der Waals surface area contributed by atoms with E-state index < -0.39 is 12.1 Å². The van der Waals surface area contributed by atoms with Crippen LogP contribution in [0.15, 0.2) is 0 Å². The van der Waals surface area contributed by atoms with Gasteiger partial charge in [0.15, 0.2) is 6.10 Å². The molecule has 2 saturated heterocycles. The summed E-state index contributed by atoms with van der Waals surface area (Å²) in [5.41, 5.74) is 0. The zero-order chi connectivity index (χ0) is 14.5. The number of fused-ring (bicyclic) bond motifs is 1. The van der Waals surface area contributed by atoms with Crippen molar-refractivity contribution in [2.45, 2.75) is 31.4 Å². The SMILES string of the molecule is COC(CNC(=O)N1CCCN2CCCC2C1)C(=O)O. The Labute approximate surface area is 118 Å². The van der Waals surface area contributed by atoms with Gasteiger partial charge in [0.1, 0.15) is 0 Å². The summed E-state index contributed by atoms with van der Waals surface area (Å²) in [4.78, 5) is 27.2. The maximum Gasteiger partial charge on any atom is 0.334 e. The number of rotatable bonds is 4. The molecule has 2 N–H and O–H groups in total. The highest BCUT2D eigenvalue weighted by Gasteiger charge is 2.30. The van der Waals surface area contributed by atoms with Crippen LogP contribution in [-0.2, 0) is 9.53 Å². The number of carboxylic acid groups (broad SMARTS) is 1. The van der Waals surface area contributed by atoms with Gasteiger partial charge in [0.2, 0.25) is 0 Å². The Bertz CT molecular complexity index is 364. The quantitative estimate of drug-likeness (QED) is 0.758. The highest BCUT2D eigenvalue weighted by atomic mass is 16.5. The number of carbonyl (C=O) groups is 2. The lowest BCUT2D eigenvalue weighted by Crippen LogP contribution is -2.47. The third-order valence-electron chi connectivity index (χ3n) is 4.09. The average molecular weight is 285 g/mol. The van der Waals surface area contributed by atoms with Crippen molar-refractivity contribution in [2.75, 3.05) is 39.8 Å². The largest absolute Gasteiger partial charge is 0.479 e. The highest BCUT2D eigenvalue weighted by Crippen LogP contribution is 2.21. The van der Waals surface area contributed by atoms with Gasteiger partial charge in [-0.15, -0.1) is 0 Å². The monoisotopic (exact) mass is 285 g/mol. The number of urea groups is 1. The summed E-state index contributed by atoms with van der Waals surface area (Å²) in [6.45, 7) is 3.63. The first-order valence-electron chi connectivity index (χ1n) is 7.14. The lowest BCUT2D eigenvalue weighted by molar-refractivity contribution is -0.148. The molecule has 7 nitrogen and oxygen atoms in total. The Hall–Kier alpha value is -1.34. The van der Waals surface area contributed by atoms with Gasteiger partial charge in [-0.2, -0.15) is 0 Å². The van der Waals surface area contributed by atoms with Gasteiger partial charge < -0.3 is 20.1 Å². The Morgan fingerprint density at radius 3 is 2.80 bits per heavy atom. The van der Waals surface area contributed by atoms with Gasteiger partial charge in [0.05, 0.1) is 6.54 Å². The highest BCUT2D eigenvalue weighted by molar-refractivity contribution is 5.77. The topological polar surface area (TPSA) is 82.1 Å². The average Bonchev–Trinajstić information content (AvgIpc) is 2.76. The van der Waals surface area contributed by atoms with Crippen molar-refractivity contribution in [1.29, 1.82) is 0 Å². The van der Waals surface area contributed by atoms with E-state index in [-0.39, 0.29) is 12.6 Å². The Morgan fingerprint density at radius 2 is 2.10 bits per heavy atom. The molecule has 0 aromatic rings. The van der Waals surface area contributed by atoms with Gasteiger partial charge >= 0.3 is 12.0 Å². The van der Waals surface area contributed by atoms with Crippen molar-refractivity contribution in [3.8, 4) is 0 Å². The maximum absolute atomic E-state index is 12.1. The molecular formula is C13H23N3O4. The molecular weight excluding hydrogens is 262 g/mol. The van der Waals surface area contributed by atoms with Gasteiger partial charge in [-0.3, -0.25) is 4.90 Å². The van der Waals surface area contributed by atoms with E-state index in [1.54, 1.807) is 4.90 Å². The molecule has 2 aliphatic rings. The van der Waals surface area contributed by atoms with Gasteiger partial charge in [-0.05, 0) is 25.8 Å². The minimum atomic E-state index is -1.06. The second-order valence-corrected chi connectivity index (χ2v) is 5.38. The third-order valence-corrected chi connectivity index (χ3v) is 4.09. The van der Waals surface area contributed by atoms with E-state index >= 15 is 0 Å². The summed E-state index contributed by atoms with van der Waals surface area (Å²) in [5, 5.41) is 11.5. The van der Waals surface area contributed by atoms with Crippen LogP contribution in [-0.4, -0.2) is 78.9 Å². The predicted molar refractivity (Wildman–Crippen MR) is 72.6 cm³/mol. The Balaban J connectivity index is 1.83. The molecule has 2 amide bonds. The van der Waals surface area contributed by atoms with Crippen LogP contribution in [0.3, 0.4) is 0 Å². The van der Waals surface area contributed by atoms with E-state index in [0.29, 0.717) is 6.04 Å². The number of nitrogens with zero attached hydrogens (tertiary/aromatic N) is 2. The number of aliphatic carboxylic acids is 1. The molecule has 114 valence electrons. The zero-order valence-corrected chi connectivity index (χ0v) is 11.9. The third kappa shape index (κ3) is 3.61. The molecule has 2 aliphatic heterocycles. The predicted octanol–water partition coefficient (Wildman–Crippen LogP) is -0.0343. The molecule has 0 saturated carbocycles. The summed E-state index contributed by atoms with van der Waals surface area (Å²) in [6, 6.07) is 0.267. The molecule has 2 unspecified atom stereocenters. The molecule has 0 aromatic carbocycles. The number of carboxylic acids is 1. The smallest absolute Gasteiger partial charge is 0.334 e. The number of ether oxygens (including phenoxy) is 1. The van der Waals surface area contributed by atoms with E-state index in [1.165, 1.54) is 13.5 Å². The van der Waals surface area contributed by atoms with Crippen molar-refractivity contribution in [1.82, 2.24) is 15.1 Å². The fraction of sp³-hybridized carbons (Fsp3) is 0.846.